The van der Waals surface area contributed by atoms with Crippen molar-refractivity contribution in [2.75, 3.05) is 0 Å². The molecule has 0 aliphatic carbocycles. The van der Waals surface area contributed by atoms with Crippen molar-refractivity contribution in [3.05, 3.63) is 59.9 Å². The number of carbonyl (C=O) groups is 2. The van der Waals surface area contributed by atoms with Gasteiger partial charge in [-0.3, -0.25) is 9.59 Å². The van der Waals surface area contributed by atoms with Gasteiger partial charge in [0.1, 0.15) is 0 Å². The fraction of sp³-hybridized carbons (Fsp3) is 0.211. The van der Waals surface area contributed by atoms with Gasteiger partial charge in [0.15, 0.2) is 5.76 Å². The van der Waals surface area contributed by atoms with E-state index in [2.05, 4.69) is 26.0 Å². The van der Waals surface area contributed by atoms with Crippen molar-refractivity contribution in [1.82, 2.24) is 20.9 Å². The maximum atomic E-state index is 12.0. The number of hydrogen-bond acceptors (Lipinski definition) is 7. The maximum Gasteiger partial charge on any atom is 0.307 e. The number of benzene rings is 1. The lowest BCUT2D eigenvalue weighted by atomic mass is 10.1. The van der Waals surface area contributed by atoms with E-state index in [9.17, 15) is 9.59 Å². The highest BCUT2D eigenvalue weighted by Crippen LogP contribution is 2.16. The molecule has 9 nitrogen and oxygen atoms in total. The van der Waals surface area contributed by atoms with Crippen molar-refractivity contribution in [1.29, 1.82) is 0 Å². The molecule has 3 aromatic rings. The number of hydrogen-bond donors (Lipinski definition) is 2. The molecule has 28 heavy (non-hydrogen) atoms. The van der Waals surface area contributed by atoms with E-state index in [1.165, 1.54) is 12.3 Å². The molecular formula is C19H19N5O4. The van der Waals surface area contributed by atoms with E-state index in [0.29, 0.717) is 17.4 Å². The summed E-state index contributed by atoms with van der Waals surface area (Å²) in [6.07, 6.45) is 1.40. The number of nitrogens with one attached hydrogen (secondary N) is 2. The van der Waals surface area contributed by atoms with E-state index in [1.807, 2.05) is 31.2 Å². The quantitative estimate of drug-likeness (QED) is 0.479. The molecular weight excluding hydrogens is 362 g/mol. The molecule has 2 aromatic heterocycles. The van der Waals surface area contributed by atoms with E-state index in [-0.39, 0.29) is 24.6 Å². The van der Waals surface area contributed by atoms with Gasteiger partial charge in [-0.05, 0) is 26.0 Å². The molecule has 0 bridgehead atoms. The summed E-state index contributed by atoms with van der Waals surface area (Å²) < 4.78 is 10.1. The van der Waals surface area contributed by atoms with Gasteiger partial charge < -0.3 is 14.3 Å². The van der Waals surface area contributed by atoms with Crippen molar-refractivity contribution in [2.24, 2.45) is 5.10 Å². The number of rotatable bonds is 7. The van der Waals surface area contributed by atoms with E-state index in [4.69, 9.17) is 8.94 Å². The zero-order chi connectivity index (χ0) is 19.9. The lowest BCUT2D eigenvalue weighted by Gasteiger charge is -2.02. The third-order valence-electron chi connectivity index (χ3n) is 3.72. The molecule has 2 N–H and O–H groups in total. The van der Waals surface area contributed by atoms with Crippen LogP contribution < -0.4 is 10.7 Å². The number of aromatic nitrogens is 2. The Balaban J connectivity index is 1.47. The van der Waals surface area contributed by atoms with Crippen LogP contribution >= 0.6 is 0 Å². The molecule has 2 amide bonds. The third kappa shape index (κ3) is 5.13. The monoisotopic (exact) mass is 381 g/mol. The van der Waals surface area contributed by atoms with E-state index < -0.39 is 5.91 Å². The van der Waals surface area contributed by atoms with Gasteiger partial charge in [0.2, 0.25) is 17.6 Å². The van der Waals surface area contributed by atoms with Crippen LogP contribution in [0.5, 0.6) is 0 Å². The van der Waals surface area contributed by atoms with E-state index in [0.717, 1.165) is 11.1 Å². The molecule has 0 aliphatic heterocycles. The lowest BCUT2D eigenvalue weighted by molar-refractivity contribution is -0.120. The van der Waals surface area contributed by atoms with Gasteiger partial charge in [-0.25, -0.2) is 5.43 Å². The highest BCUT2D eigenvalue weighted by Gasteiger charge is 2.11. The van der Waals surface area contributed by atoms with Crippen molar-refractivity contribution in [3.8, 4) is 11.4 Å². The lowest BCUT2D eigenvalue weighted by Crippen LogP contribution is -2.26. The van der Waals surface area contributed by atoms with Crippen molar-refractivity contribution in [2.45, 2.75) is 26.8 Å². The zero-order valence-corrected chi connectivity index (χ0v) is 15.4. The van der Waals surface area contributed by atoms with Crippen LogP contribution in [-0.4, -0.2) is 27.7 Å². The molecule has 2 heterocycles. The van der Waals surface area contributed by atoms with Gasteiger partial charge in [0.25, 0.3) is 0 Å². The largest absolute Gasteiger partial charge is 0.459 e. The van der Waals surface area contributed by atoms with Crippen molar-refractivity contribution in [3.63, 3.8) is 0 Å². The maximum absolute atomic E-state index is 12.0. The molecule has 0 saturated carbocycles. The second-order valence-corrected chi connectivity index (χ2v) is 6.10. The summed E-state index contributed by atoms with van der Waals surface area (Å²) in [5.41, 5.74) is 4.73. The molecule has 0 radical (unpaired) electrons. The summed E-state index contributed by atoms with van der Waals surface area (Å²) in [5.74, 6) is 0.122. The molecule has 0 unspecified atom stereocenters. The molecule has 0 atom stereocenters. The molecule has 144 valence electrons. The number of hydrazone groups is 1. The van der Waals surface area contributed by atoms with Crippen molar-refractivity contribution >= 4 is 17.5 Å². The highest BCUT2D eigenvalue weighted by atomic mass is 16.5. The summed E-state index contributed by atoms with van der Waals surface area (Å²) in [6, 6.07) is 10.8. The standard InChI is InChI=1S/C19H19N5O4/c1-12-5-7-14(8-6-12)18-21-17(28-24-18)11-20-16(25)10-13(2)22-23-19(26)15-4-3-9-27-15/h3-9H,10-11H2,1-2H3,(H,20,25)(H,23,26)/b22-13-. The SMILES string of the molecule is C/C(CC(=O)NCc1nc(-c2ccc(C)cc2)no1)=N/NC(=O)c1ccco1. The van der Waals surface area contributed by atoms with Crippen LogP contribution in [0.3, 0.4) is 0 Å². The Bertz CT molecular complexity index is 974. The van der Waals surface area contributed by atoms with Crippen LogP contribution in [0, 0.1) is 6.92 Å². The van der Waals surface area contributed by atoms with Gasteiger partial charge >= 0.3 is 5.91 Å². The van der Waals surface area contributed by atoms with Crippen LogP contribution in [0.2, 0.25) is 0 Å². The molecule has 0 saturated heterocycles. The van der Waals surface area contributed by atoms with Gasteiger partial charge in [-0.2, -0.15) is 10.1 Å². The molecule has 9 heteroatoms. The Morgan fingerprint density at radius 3 is 2.68 bits per heavy atom. The number of aryl methyl sites for hydroxylation is 1. The number of furan rings is 1. The molecule has 0 fully saturated rings. The highest BCUT2D eigenvalue weighted by molar-refractivity contribution is 6.00. The summed E-state index contributed by atoms with van der Waals surface area (Å²) in [5, 5.41) is 10.5. The van der Waals surface area contributed by atoms with Crippen LogP contribution in [0.4, 0.5) is 0 Å². The van der Waals surface area contributed by atoms with Crippen LogP contribution in [0.15, 0.2) is 56.7 Å². The van der Waals surface area contributed by atoms with E-state index >= 15 is 0 Å². The predicted octanol–water partition coefficient (Wildman–Crippen LogP) is 2.45. The Kier molecular flexibility index (Phi) is 5.95. The Hall–Kier alpha value is -3.75. The van der Waals surface area contributed by atoms with Crippen LogP contribution in [-0.2, 0) is 11.3 Å². The van der Waals surface area contributed by atoms with Gasteiger partial charge in [0.05, 0.1) is 19.2 Å². The Labute approximate surface area is 160 Å². The second kappa shape index (κ2) is 8.76. The summed E-state index contributed by atoms with van der Waals surface area (Å²) in [6.45, 7) is 3.72. The molecule has 1 aromatic carbocycles. The Morgan fingerprint density at radius 1 is 1.18 bits per heavy atom. The average molecular weight is 381 g/mol. The molecule has 0 aliphatic rings. The van der Waals surface area contributed by atoms with Gasteiger partial charge in [-0.1, -0.05) is 35.0 Å². The van der Waals surface area contributed by atoms with Gasteiger partial charge in [0, 0.05) is 11.3 Å². The minimum absolute atomic E-state index is 0.0113. The van der Waals surface area contributed by atoms with Crippen LogP contribution in [0.25, 0.3) is 11.4 Å². The topological polar surface area (TPSA) is 123 Å². The normalized spacial score (nSPS) is 11.3. The fourth-order valence-corrected chi connectivity index (χ4v) is 2.26. The first-order valence-electron chi connectivity index (χ1n) is 8.54. The zero-order valence-electron chi connectivity index (χ0n) is 15.4. The van der Waals surface area contributed by atoms with Crippen LogP contribution in [0.1, 0.15) is 35.4 Å². The third-order valence-corrected chi connectivity index (χ3v) is 3.72. The summed E-state index contributed by atoms with van der Waals surface area (Å²) in [7, 11) is 0. The molecule has 3 rings (SSSR count). The fourth-order valence-electron chi connectivity index (χ4n) is 2.26. The number of carbonyl (C=O) groups excluding carboxylic acids is 2. The van der Waals surface area contributed by atoms with E-state index in [1.54, 1.807) is 13.0 Å². The first-order chi connectivity index (χ1) is 13.5. The minimum Gasteiger partial charge on any atom is -0.459 e. The second-order valence-electron chi connectivity index (χ2n) is 6.10. The first-order valence-corrected chi connectivity index (χ1v) is 8.54. The molecule has 0 spiro atoms. The smallest absolute Gasteiger partial charge is 0.307 e. The minimum atomic E-state index is -0.487. The van der Waals surface area contributed by atoms with Gasteiger partial charge in [-0.15, -0.1) is 0 Å². The average Bonchev–Trinajstić information content (AvgIpc) is 3.37. The van der Waals surface area contributed by atoms with Crippen molar-refractivity contribution < 1.29 is 18.5 Å². The predicted molar refractivity (Wildman–Crippen MR) is 100 cm³/mol. The number of nitrogens with zero attached hydrogens (tertiary/aromatic N) is 3. The number of amides is 2. The first kappa shape index (κ1) is 19.0. The summed E-state index contributed by atoms with van der Waals surface area (Å²) in [4.78, 5) is 28.0. The summed E-state index contributed by atoms with van der Waals surface area (Å²) >= 11 is 0. The Morgan fingerprint density at radius 2 is 1.96 bits per heavy atom.